The first-order valence-corrected chi connectivity index (χ1v) is 10.1. The fourth-order valence-corrected chi connectivity index (χ4v) is 3.55. The van der Waals surface area contributed by atoms with Crippen molar-refractivity contribution in [2.45, 2.75) is 33.0 Å². The number of rotatable bonds is 7. The first kappa shape index (κ1) is 20.4. The predicted molar refractivity (Wildman–Crippen MR) is 112 cm³/mol. The Bertz CT molecular complexity index is 743. The molecule has 5 nitrogen and oxygen atoms in total. The van der Waals surface area contributed by atoms with Crippen LogP contribution in [0.3, 0.4) is 0 Å². The highest BCUT2D eigenvalue weighted by molar-refractivity contribution is 5.74. The van der Waals surface area contributed by atoms with Crippen LogP contribution in [0.15, 0.2) is 54.6 Å². The molecule has 1 aliphatic rings. The summed E-state index contributed by atoms with van der Waals surface area (Å²) in [6.07, 6.45) is 0. The largest absolute Gasteiger partial charge is 0.379 e. The smallest absolute Gasteiger partial charge is 0.315 e. The second kappa shape index (κ2) is 10.2. The van der Waals surface area contributed by atoms with Crippen LogP contribution >= 0.6 is 0 Å². The number of ether oxygens (including phenoxy) is 1. The van der Waals surface area contributed by atoms with Gasteiger partial charge in [0.05, 0.1) is 19.3 Å². The molecule has 150 valence electrons. The van der Waals surface area contributed by atoms with Crippen molar-refractivity contribution in [3.63, 3.8) is 0 Å². The summed E-state index contributed by atoms with van der Waals surface area (Å²) in [4.78, 5) is 15.0. The van der Waals surface area contributed by atoms with Gasteiger partial charge >= 0.3 is 6.03 Å². The van der Waals surface area contributed by atoms with Gasteiger partial charge in [-0.15, -0.1) is 0 Å². The second-order valence-corrected chi connectivity index (χ2v) is 7.62. The van der Waals surface area contributed by atoms with Crippen molar-refractivity contribution in [2.24, 2.45) is 5.92 Å². The molecule has 1 heterocycles. The van der Waals surface area contributed by atoms with E-state index < -0.39 is 0 Å². The quantitative estimate of drug-likeness (QED) is 0.769. The topological polar surface area (TPSA) is 53.6 Å². The zero-order valence-electron chi connectivity index (χ0n) is 16.9. The van der Waals surface area contributed by atoms with E-state index in [4.69, 9.17) is 4.74 Å². The molecule has 0 bridgehead atoms. The number of urea groups is 1. The maximum absolute atomic E-state index is 12.6. The third kappa shape index (κ3) is 5.81. The molecule has 2 amide bonds. The number of carbonyl (C=O) groups excluding carboxylic acids is 1. The first-order chi connectivity index (χ1) is 13.6. The summed E-state index contributed by atoms with van der Waals surface area (Å²) in [5.74, 6) is 0.307. The molecule has 3 rings (SSSR count). The third-order valence-electron chi connectivity index (χ3n) is 5.17. The van der Waals surface area contributed by atoms with Gasteiger partial charge in [-0.3, -0.25) is 4.90 Å². The predicted octanol–water partition coefficient (Wildman–Crippen LogP) is 3.72. The molecular weight excluding hydrogens is 350 g/mol. The van der Waals surface area contributed by atoms with Gasteiger partial charge in [0.1, 0.15) is 0 Å². The maximum Gasteiger partial charge on any atom is 0.315 e. The van der Waals surface area contributed by atoms with Gasteiger partial charge in [0, 0.05) is 26.2 Å². The fraction of sp³-hybridized carbons (Fsp3) is 0.435. The number of hydrogen-bond donors (Lipinski definition) is 2. The molecular formula is C23H31N3O2. The van der Waals surface area contributed by atoms with Crippen molar-refractivity contribution >= 4 is 6.03 Å². The van der Waals surface area contributed by atoms with Gasteiger partial charge < -0.3 is 15.4 Å². The molecule has 0 aromatic heterocycles. The highest BCUT2D eigenvalue weighted by atomic mass is 16.5. The number of benzene rings is 2. The number of amides is 2. The molecule has 2 N–H and O–H groups in total. The average molecular weight is 382 g/mol. The van der Waals surface area contributed by atoms with Crippen LogP contribution < -0.4 is 10.6 Å². The molecule has 1 fully saturated rings. The molecule has 2 aromatic rings. The normalized spacial score (nSPS) is 16.0. The number of morpholine rings is 1. The molecule has 2 aromatic carbocycles. The zero-order chi connectivity index (χ0) is 19.8. The van der Waals surface area contributed by atoms with Gasteiger partial charge in [-0.25, -0.2) is 4.79 Å². The Balaban J connectivity index is 1.58. The van der Waals surface area contributed by atoms with E-state index in [-0.39, 0.29) is 12.1 Å². The van der Waals surface area contributed by atoms with Crippen molar-refractivity contribution in [1.29, 1.82) is 0 Å². The Hall–Kier alpha value is -2.37. The van der Waals surface area contributed by atoms with E-state index in [0.29, 0.717) is 12.5 Å². The Labute approximate surface area is 168 Å². The zero-order valence-corrected chi connectivity index (χ0v) is 16.9. The Morgan fingerprint density at radius 3 is 2.32 bits per heavy atom. The van der Waals surface area contributed by atoms with E-state index in [1.165, 1.54) is 5.56 Å². The Morgan fingerprint density at radius 1 is 1.00 bits per heavy atom. The number of hydrogen-bond acceptors (Lipinski definition) is 3. The summed E-state index contributed by atoms with van der Waals surface area (Å²) in [6.45, 7) is 9.14. The molecule has 0 aliphatic carbocycles. The highest BCUT2D eigenvalue weighted by Gasteiger charge is 2.18. The molecule has 1 aliphatic heterocycles. The maximum atomic E-state index is 12.6. The Kier molecular flexibility index (Phi) is 7.46. The molecule has 0 spiro atoms. The molecule has 0 saturated carbocycles. The number of nitrogens with one attached hydrogen (secondary N) is 2. The first-order valence-electron chi connectivity index (χ1n) is 10.1. The number of nitrogens with zero attached hydrogens (tertiary/aromatic N) is 1. The van der Waals surface area contributed by atoms with Crippen LogP contribution in [-0.4, -0.2) is 37.2 Å². The van der Waals surface area contributed by atoms with E-state index in [2.05, 4.69) is 59.7 Å². The fourth-order valence-electron chi connectivity index (χ4n) is 3.55. The van der Waals surface area contributed by atoms with E-state index in [0.717, 1.165) is 44.0 Å². The van der Waals surface area contributed by atoms with Gasteiger partial charge in [-0.2, -0.15) is 0 Å². The summed E-state index contributed by atoms with van der Waals surface area (Å²) < 4.78 is 5.43. The average Bonchev–Trinajstić information content (AvgIpc) is 2.72. The van der Waals surface area contributed by atoms with Crippen molar-refractivity contribution < 1.29 is 9.53 Å². The minimum absolute atomic E-state index is 0.00945. The molecule has 5 heteroatoms. The van der Waals surface area contributed by atoms with Crippen LogP contribution in [0.5, 0.6) is 0 Å². The van der Waals surface area contributed by atoms with Crippen LogP contribution in [0.1, 0.15) is 36.6 Å². The highest BCUT2D eigenvalue weighted by Crippen LogP contribution is 2.21. The summed E-state index contributed by atoms with van der Waals surface area (Å²) in [5, 5.41) is 6.17. The van der Waals surface area contributed by atoms with Crippen LogP contribution in [0.4, 0.5) is 4.79 Å². The monoisotopic (exact) mass is 381 g/mol. The summed E-state index contributed by atoms with van der Waals surface area (Å²) in [5.41, 5.74) is 3.54. The van der Waals surface area contributed by atoms with Gasteiger partial charge in [0.2, 0.25) is 0 Å². The van der Waals surface area contributed by atoms with E-state index >= 15 is 0 Å². The molecule has 1 saturated heterocycles. The van der Waals surface area contributed by atoms with Crippen LogP contribution in [-0.2, 0) is 17.8 Å². The van der Waals surface area contributed by atoms with Crippen molar-refractivity contribution in [3.05, 3.63) is 71.3 Å². The summed E-state index contributed by atoms with van der Waals surface area (Å²) >= 11 is 0. The lowest BCUT2D eigenvalue weighted by Crippen LogP contribution is -2.39. The van der Waals surface area contributed by atoms with Crippen LogP contribution in [0.2, 0.25) is 0 Å². The summed E-state index contributed by atoms with van der Waals surface area (Å²) in [7, 11) is 0. The van der Waals surface area contributed by atoms with E-state index in [1.807, 2.05) is 24.3 Å². The molecule has 0 radical (unpaired) electrons. The molecule has 28 heavy (non-hydrogen) atoms. The van der Waals surface area contributed by atoms with Gasteiger partial charge in [-0.1, -0.05) is 68.4 Å². The molecule has 0 unspecified atom stereocenters. The SMILES string of the molecule is CC(C)[C@H](NC(=O)NCc1ccccc1CN1CCOCC1)c1ccccc1. The van der Waals surface area contributed by atoms with Crippen LogP contribution in [0, 0.1) is 5.92 Å². The lowest BCUT2D eigenvalue weighted by Gasteiger charge is -2.27. The third-order valence-corrected chi connectivity index (χ3v) is 5.17. The summed E-state index contributed by atoms with van der Waals surface area (Å²) in [6, 6.07) is 18.3. The van der Waals surface area contributed by atoms with Crippen molar-refractivity contribution in [3.8, 4) is 0 Å². The van der Waals surface area contributed by atoms with E-state index in [1.54, 1.807) is 0 Å². The van der Waals surface area contributed by atoms with Gasteiger partial charge in [-0.05, 0) is 22.6 Å². The van der Waals surface area contributed by atoms with Gasteiger partial charge in [0.15, 0.2) is 0 Å². The Morgan fingerprint density at radius 2 is 1.64 bits per heavy atom. The minimum atomic E-state index is -0.135. The van der Waals surface area contributed by atoms with Gasteiger partial charge in [0.25, 0.3) is 0 Å². The van der Waals surface area contributed by atoms with Crippen LogP contribution in [0.25, 0.3) is 0 Å². The second-order valence-electron chi connectivity index (χ2n) is 7.62. The minimum Gasteiger partial charge on any atom is -0.379 e. The van der Waals surface area contributed by atoms with E-state index in [9.17, 15) is 4.79 Å². The lowest BCUT2D eigenvalue weighted by molar-refractivity contribution is 0.0341. The standard InChI is InChI=1S/C23H31N3O2/c1-18(2)22(19-8-4-3-5-9-19)25-23(27)24-16-20-10-6-7-11-21(20)17-26-12-14-28-15-13-26/h3-11,18,22H,12-17H2,1-2H3,(H2,24,25,27)/t22-/m0/s1. The molecule has 1 atom stereocenters. The number of carbonyl (C=O) groups is 1. The van der Waals surface area contributed by atoms with Crippen molar-refractivity contribution in [2.75, 3.05) is 26.3 Å². The van der Waals surface area contributed by atoms with Crippen molar-refractivity contribution in [1.82, 2.24) is 15.5 Å². The lowest BCUT2D eigenvalue weighted by atomic mass is 9.96.